The molecule has 1 heterocycles. The highest BCUT2D eigenvalue weighted by Gasteiger charge is 2.43. The first-order valence-electron chi connectivity index (χ1n) is 8.78. The van der Waals surface area contributed by atoms with Gasteiger partial charge in [0.15, 0.2) is 11.4 Å². The fourth-order valence-electron chi connectivity index (χ4n) is 3.55. The molecule has 3 heteroatoms. The molecular formula is C21H25NO2. The highest BCUT2D eigenvalue weighted by Crippen LogP contribution is 2.35. The van der Waals surface area contributed by atoms with Crippen LogP contribution in [0.25, 0.3) is 0 Å². The number of hydrogen-bond acceptors (Lipinski definition) is 3. The summed E-state index contributed by atoms with van der Waals surface area (Å²) in [5, 5.41) is 0. The molecule has 0 spiro atoms. The van der Waals surface area contributed by atoms with E-state index in [2.05, 4.69) is 4.90 Å². The molecule has 126 valence electrons. The van der Waals surface area contributed by atoms with Crippen molar-refractivity contribution in [2.75, 3.05) is 26.2 Å². The fourth-order valence-corrected chi connectivity index (χ4v) is 3.55. The van der Waals surface area contributed by atoms with E-state index in [0.29, 0.717) is 13.2 Å². The monoisotopic (exact) mass is 323 g/mol. The molecule has 3 nitrogen and oxygen atoms in total. The Morgan fingerprint density at radius 3 is 1.92 bits per heavy atom. The van der Waals surface area contributed by atoms with Crippen molar-refractivity contribution < 1.29 is 9.53 Å². The average molecular weight is 323 g/mol. The summed E-state index contributed by atoms with van der Waals surface area (Å²) >= 11 is 0. The Labute approximate surface area is 144 Å². The summed E-state index contributed by atoms with van der Waals surface area (Å²) in [7, 11) is 0. The van der Waals surface area contributed by atoms with Crippen molar-refractivity contribution in [3.05, 3.63) is 71.8 Å². The van der Waals surface area contributed by atoms with Gasteiger partial charge in [0.2, 0.25) is 0 Å². The first kappa shape index (κ1) is 16.9. The standard InChI is InChI=1S/C21H25NO2/c1-2-24-21(18-11-5-3-6-12-18,19-13-7-4-8-14-19)20(23)17-22-15-9-10-16-22/h3-8,11-14H,2,9-10,15-17H2,1H3. The SMILES string of the molecule is CCOC(C(=O)CN1CCCC1)(c1ccccc1)c1ccccc1. The van der Waals surface area contributed by atoms with Crippen molar-refractivity contribution in [3.63, 3.8) is 0 Å². The van der Waals surface area contributed by atoms with Crippen molar-refractivity contribution in [2.24, 2.45) is 0 Å². The van der Waals surface area contributed by atoms with E-state index in [1.807, 2.05) is 67.6 Å². The van der Waals surface area contributed by atoms with Crippen molar-refractivity contribution in [1.29, 1.82) is 0 Å². The highest BCUT2D eigenvalue weighted by molar-refractivity contribution is 5.93. The van der Waals surface area contributed by atoms with Gasteiger partial charge in [0.05, 0.1) is 6.54 Å². The second-order valence-electron chi connectivity index (χ2n) is 6.25. The van der Waals surface area contributed by atoms with Crippen LogP contribution in [0, 0.1) is 0 Å². The van der Waals surface area contributed by atoms with Crippen molar-refractivity contribution >= 4 is 5.78 Å². The number of rotatable bonds is 7. The predicted molar refractivity (Wildman–Crippen MR) is 96.0 cm³/mol. The van der Waals surface area contributed by atoms with Crippen LogP contribution in [-0.4, -0.2) is 36.9 Å². The molecular weight excluding hydrogens is 298 g/mol. The van der Waals surface area contributed by atoms with Crippen molar-refractivity contribution in [2.45, 2.75) is 25.4 Å². The number of hydrogen-bond donors (Lipinski definition) is 0. The number of benzene rings is 2. The Hall–Kier alpha value is -1.97. The van der Waals surface area contributed by atoms with Crippen LogP contribution >= 0.6 is 0 Å². The van der Waals surface area contributed by atoms with Crippen LogP contribution in [0.15, 0.2) is 60.7 Å². The average Bonchev–Trinajstić information content (AvgIpc) is 3.14. The van der Waals surface area contributed by atoms with Crippen LogP contribution in [0.3, 0.4) is 0 Å². The summed E-state index contributed by atoms with van der Waals surface area (Å²) in [6.07, 6.45) is 2.34. The van der Waals surface area contributed by atoms with Gasteiger partial charge in [0.1, 0.15) is 0 Å². The van der Waals surface area contributed by atoms with Crippen LogP contribution in [0.2, 0.25) is 0 Å². The molecule has 2 aromatic rings. The number of likely N-dealkylation sites (tertiary alicyclic amines) is 1. The number of nitrogens with zero attached hydrogens (tertiary/aromatic N) is 1. The van der Waals surface area contributed by atoms with Gasteiger partial charge in [-0.1, -0.05) is 60.7 Å². The number of ether oxygens (including phenoxy) is 1. The summed E-state index contributed by atoms with van der Waals surface area (Å²) in [5.41, 5.74) is 0.782. The lowest BCUT2D eigenvalue weighted by molar-refractivity contribution is -0.141. The topological polar surface area (TPSA) is 29.5 Å². The van der Waals surface area contributed by atoms with Crippen LogP contribution < -0.4 is 0 Å². The van der Waals surface area contributed by atoms with Gasteiger partial charge < -0.3 is 4.74 Å². The predicted octanol–water partition coefficient (Wildman–Crippen LogP) is 3.63. The first-order chi connectivity index (χ1) is 11.8. The maximum atomic E-state index is 13.4. The van der Waals surface area contributed by atoms with Gasteiger partial charge in [-0.2, -0.15) is 0 Å². The van der Waals surface area contributed by atoms with E-state index in [-0.39, 0.29) is 5.78 Å². The Kier molecular flexibility index (Phi) is 5.44. The molecule has 2 aromatic carbocycles. The molecule has 0 aromatic heterocycles. The Morgan fingerprint density at radius 1 is 0.958 bits per heavy atom. The van der Waals surface area contributed by atoms with Gasteiger partial charge >= 0.3 is 0 Å². The van der Waals surface area contributed by atoms with E-state index in [1.54, 1.807) is 0 Å². The normalized spacial score (nSPS) is 15.5. The smallest absolute Gasteiger partial charge is 0.187 e. The first-order valence-corrected chi connectivity index (χ1v) is 8.78. The van der Waals surface area contributed by atoms with Crippen LogP contribution in [0.1, 0.15) is 30.9 Å². The second kappa shape index (κ2) is 7.73. The molecule has 0 amide bonds. The fraction of sp³-hybridized carbons (Fsp3) is 0.381. The zero-order valence-electron chi connectivity index (χ0n) is 14.3. The molecule has 0 radical (unpaired) electrons. The quantitative estimate of drug-likeness (QED) is 0.779. The van der Waals surface area contributed by atoms with E-state index in [9.17, 15) is 4.79 Å². The maximum absolute atomic E-state index is 13.4. The zero-order valence-corrected chi connectivity index (χ0v) is 14.3. The number of carbonyl (C=O) groups excluding carboxylic acids is 1. The van der Waals surface area contributed by atoms with Crippen molar-refractivity contribution in [1.82, 2.24) is 4.90 Å². The van der Waals surface area contributed by atoms with Gasteiger partial charge in [0.25, 0.3) is 0 Å². The molecule has 3 rings (SSSR count). The maximum Gasteiger partial charge on any atom is 0.187 e. The molecule has 0 bridgehead atoms. The van der Waals surface area contributed by atoms with E-state index in [1.165, 1.54) is 12.8 Å². The van der Waals surface area contributed by atoms with Gasteiger partial charge in [-0.3, -0.25) is 9.69 Å². The van der Waals surface area contributed by atoms with Crippen LogP contribution in [0.4, 0.5) is 0 Å². The van der Waals surface area contributed by atoms with Crippen molar-refractivity contribution in [3.8, 4) is 0 Å². The third-order valence-electron chi connectivity index (χ3n) is 4.68. The third kappa shape index (κ3) is 3.28. The summed E-state index contributed by atoms with van der Waals surface area (Å²) in [4.78, 5) is 15.7. The van der Waals surface area contributed by atoms with E-state index >= 15 is 0 Å². The van der Waals surface area contributed by atoms with Gasteiger partial charge in [-0.25, -0.2) is 0 Å². The van der Waals surface area contributed by atoms with Gasteiger partial charge in [0, 0.05) is 6.61 Å². The summed E-state index contributed by atoms with van der Waals surface area (Å²) in [5.74, 6) is 0.114. The van der Waals surface area contributed by atoms with Gasteiger partial charge in [-0.05, 0) is 44.0 Å². The molecule has 0 unspecified atom stereocenters. The lowest BCUT2D eigenvalue weighted by Crippen LogP contribution is -2.45. The molecule has 1 saturated heterocycles. The third-order valence-corrected chi connectivity index (χ3v) is 4.68. The summed E-state index contributed by atoms with van der Waals surface area (Å²) < 4.78 is 6.20. The minimum absolute atomic E-state index is 0.114. The zero-order chi connectivity index (χ0) is 16.8. The van der Waals surface area contributed by atoms with Crippen LogP contribution in [-0.2, 0) is 15.1 Å². The Bertz CT molecular complexity index is 609. The lowest BCUT2D eigenvalue weighted by Gasteiger charge is -2.34. The minimum atomic E-state index is -1.03. The minimum Gasteiger partial charge on any atom is -0.358 e. The number of ketones is 1. The van der Waals surface area contributed by atoms with Crippen LogP contribution in [0.5, 0.6) is 0 Å². The number of Topliss-reactive ketones (excluding diaryl/α,β-unsaturated/α-hetero) is 1. The Morgan fingerprint density at radius 2 is 1.46 bits per heavy atom. The molecule has 0 atom stereocenters. The summed E-state index contributed by atoms with van der Waals surface area (Å²) in [6, 6.07) is 19.8. The largest absolute Gasteiger partial charge is 0.358 e. The molecule has 0 saturated carbocycles. The van der Waals surface area contributed by atoms with E-state index < -0.39 is 5.60 Å². The van der Waals surface area contributed by atoms with E-state index in [0.717, 1.165) is 24.2 Å². The molecule has 24 heavy (non-hydrogen) atoms. The Balaban J connectivity index is 2.05. The molecule has 1 aliphatic heterocycles. The van der Waals surface area contributed by atoms with Gasteiger partial charge in [-0.15, -0.1) is 0 Å². The second-order valence-corrected chi connectivity index (χ2v) is 6.25. The van der Waals surface area contributed by atoms with E-state index in [4.69, 9.17) is 4.74 Å². The molecule has 1 aliphatic rings. The number of carbonyl (C=O) groups is 1. The highest BCUT2D eigenvalue weighted by atomic mass is 16.5. The lowest BCUT2D eigenvalue weighted by atomic mass is 9.82. The molecule has 0 aliphatic carbocycles. The molecule has 1 fully saturated rings. The summed E-state index contributed by atoms with van der Waals surface area (Å²) in [6.45, 7) is 4.86. The molecule has 0 N–H and O–H groups in total.